The van der Waals surface area contributed by atoms with Crippen LogP contribution in [0.1, 0.15) is 54.8 Å². The zero-order valence-corrected chi connectivity index (χ0v) is 20.1. The molecule has 3 atom stereocenters. The molecular weight excluding hydrogens is 494 g/mol. The minimum Gasteiger partial charge on any atom is -0.464 e. The smallest absolute Gasteiger partial charge is 0.419 e. The van der Waals surface area contributed by atoms with Gasteiger partial charge in [0.2, 0.25) is 11.8 Å². The van der Waals surface area contributed by atoms with Gasteiger partial charge in [-0.25, -0.2) is 9.37 Å². The first-order valence-corrected chi connectivity index (χ1v) is 12.5. The molecule has 4 heterocycles. The Morgan fingerprint density at radius 1 is 1.16 bits per heavy atom. The van der Waals surface area contributed by atoms with E-state index < -0.39 is 35.6 Å². The molecule has 0 spiro atoms. The summed E-state index contributed by atoms with van der Waals surface area (Å²) in [5, 5.41) is 9.43. The first-order chi connectivity index (χ1) is 17.8. The van der Waals surface area contributed by atoms with Crippen LogP contribution in [0.25, 0.3) is 0 Å². The van der Waals surface area contributed by atoms with Gasteiger partial charge in [0.15, 0.2) is 6.10 Å². The zero-order valence-electron chi connectivity index (χ0n) is 20.1. The van der Waals surface area contributed by atoms with Gasteiger partial charge in [-0.2, -0.15) is 18.2 Å². The molecule has 3 aliphatic heterocycles. The Morgan fingerprint density at radius 2 is 1.97 bits per heavy atom. The second-order valence-corrected chi connectivity index (χ2v) is 9.63. The molecule has 2 fully saturated rings. The van der Waals surface area contributed by atoms with Gasteiger partial charge in [-0.15, -0.1) is 0 Å². The summed E-state index contributed by atoms with van der Waals surface area (Å²) in [6, 6.07) is 2.03. The first-order valence-electron chi connectivity index (χ1n) is 12.5. The predicted molar refractivity (Wildman–Crippen MR) is 126 cm³/mol. The number of halogens is 4. The van der Waals surface area contributed by atoms with Crippen molar-refractivity contribution in [2.24, 2.45) is 0 Å². The molecule has 8 nitrogen and oxygen atoms in total. The lowest BCUT2D eigenvalue weighted by atomic mass is 9.95. The minimum atomic E-state index is -4.80. The van der Waals surface area contributed by atoms with E-state index in [1.165, 1.54) is 6.07 Å². The normalized spacial score (nSPS) is 23.1. The van der Waals surface area contributed by atoms with Gasteiger partial charge < -0.3 is 25.4 Å². The molecule has 0 radical (unpaired) electrons. The van der Waals surface area contributed by atoms with Gasteiger partial charge in [0.1, 0.15) is 5.82 Å². The van der Waals surface area contributed by atoms with Gasteiger partial charge in [-0.1, -0.05) is 6.07 Å². The molecule has 2 saturated heterocycles. The molecule has 37 heavy (non-hydrogen) atoms. The molecular formula is C25H29F4N5O3. The molecule has 1 aromatic heterocycles. The van der Waals surface area contributed by atoms with Crippen molar-refractivity contribution in [2.75, 3.05) is 25.1 Å². The highest BCUT2D eigenvalue weighted by Crippen LogP contribution is 2.34. The summed E-state index contributed by atoms with van der Waals surface area (Å²) in [6.07, 6.45) is 0.185. The monoisotopic (exact) mass is 523 g/mol. The second-order valence-electron chi connectivity index (χ2n) is 9.63. The van der Waals surface area contributed by atoms with Crippen LogP contribution in [0.5, 0.6) is 5.88 Å². The summed E-state index contributed by atoms with van der Waals surface area (Å²) >= 11 is 0. The van der Waals surface area contributed by atoms with Crippen molar-refractivity contribution in [3.05, 3.63) is 46.9 Å². The molecule has 0 saturated carbocycles. The van der Waals surface area contributed by atoms with E-state index in [0.29, 0.717) is 50.8 Å². The molecule has 1 amide bonds. The number of aryl methyl sites for hydroxylation is 1. The van der Waals surface area contributed by atoms with Crippen molar-refractivity contribution >= 4 is 11.9 Å². The van der Waals surface area contributed by atoms with E-state index in [2.05, 4.69) is 25.9 Å². The van der Waals surface area contributed by atoms with Crippen molar-refractivity contribution in [2.45, 2.75) is 68.9 Å². The van der Waals surface area contributed by atoms with Crippen LogP contribution in [-0.2, 0) is 22.1 Å². The van der Waals surface area contributed by atoms with Crippen molar-refractivity contribution in [1.29, 1.82) is 0 Å². The van der Waals surface area contributed by atoms with Crippen molar-refractivity contribution in [3.63, 3.8) is 0 Å². The summed E-state index contributed by atoms with van der Waals surface area (Å²) in [5.41, 5.74) is -0.280. The van der Waals surface area contributed by atoms with E-state index in [1.807, 2.05) is 0 Å². The molecule has 0 bridgehead atoms. The number of rotatable bonds is 6. The van der Waals surface area contributed by atoms with Gasteiger partial charge in [0.25, 0.3) is 5.91 Å². The number of benzene rings is 1. The van der Waals surface area contributed by atoms with E-state index in [1.54, 1.807) is 6.20 Å². The summed E-state index contributed by atoms with van der Waals surface area (Å²) in [6.45, 7) is 2.04. The maximum absolute atomic E-state index is 14.4. The third-order valence-electron chi connectivity index (χ3n) is 7.06. The standard InChI is InChI=1S/C25H29F4N5O3/c26-18-12-14(3-5-17(18)25(27,28)29)21(19-2-1-9-30-19)33-22(35)20-6-4-15-13-31-24(34-23(15)37-20)32-16-7-10-36-11-8-16/h3,5,12-13,16,19-21,30H,1-2,4,6-11H2,(H,33,35)(H,31,32,34)/t19-,20+,21-/m0/s1. The van der Waals surface area contributed by atoms with E-state index in [0.717, 1.165) is 37.0 Å². The van der Waals surface area contributed by atoms with Crippen molar-refractivity contribution < 1.29 is 31.8 Å². The lowest BCUT2D eigenvalue weighted by molar-refractivity contribution is -0.140. The topological polar surface area (TPSA) is 97.4 Å². The van der Waals surface area contributed by atoms with Gasteiger partial charge in [-0.3, -0.25) is 4.79 Å². The molecule has 200 valence electrons. The number of ether oxygens (including phenoxy) is 2. The SMILES string of the molecule is O=C(N[C@@H](c1ccc(C(F)(F)F)c(F)c1)[C@@H]1CCCN1)[C@H]1CCc2cnc(NC3CCOCC3)nc2O1. The lowest BCUT2D eigenvalue weighted by Crippen LogP contribution is -2.47. The number of carbonyl (C=O) groups is 1. The summed E-state index contributed by atoms with van der Waals surface area (Å²) in [7, 11) is 0. The molecule has 1 aromatic carbocycles. The van der Waals surface area contributed by atoms with Crippen molar-refractivity contribution in [3.8, 4) is 5.88 Å². The number of fused-ring (bicyclic) bond motifs is 1. The summed E-state index contributed by atoms with van der Waals surface area (Å²) in [4.78, 5) is 22.1. The fraction of sp³-hybridized carbons (Fsp3) is 0.560. The second kappa shape index (κ2) is 10.8. The molecule has 2 aromatic rings. The van der Waals surface area contributed by atoms with Gasteiger partial charge in [0, 0.05) is 37.1 Å². The maximum Gasteiger partial charge on any atom is 0.419 e. The van der Waals surface area contributed by atoms with Crippen molar-refractivity contribution in [1.82, 2.24) is 20.6 Å². The Morgan fingerprint density at radius 3 is 2.68 bits per heavy atom. The molecule has 3 N–H and O–H groups in total. The highest BCUT2D eigenvalue weighted by Gasteiger charge is 2.37. The Balaban J connectivity index is 1.30. The van der Waals surface area contributed by atoms with Crippen LogP contribution < -0.4 is 20.7 Å². The summed E-state index contributed by atoms with van der Waals surface area (Å²) in [5.74, 6) is -1.06. The number of carbonyl (C=O) groups excluding carboxylic acids is 1. The van der Waals surface area contributed by atoms with Crippen LogP contribution in [0.2, 0.25) is 0 Å². The van der Waals surface area contributed by atoms with Crippen LogP contribution in [0.4, 0.5) is 23.5 Å². The fourth-order valence-corrected chi connectivity index (χ4v) is 5.04. The van der Waals surface area contributed by atoms with Crippen LogP contribution in [0.15, 0.2) is 24.4 Å². The average molecular weight is 524 g/mol. The third kappa shape index (κ3) is 5.96. The molecule has 5 rings (SSSR count). The highest BCUT2D eigenvalue weighted by molar-refractivity contribution is 5.82. The number of alkyl halides is 3. The van der Waals surface area contributed by atoms with Gasteiger partial charge in [-0.05, 0) is 62.8 Å². The lowest BCUT2D eigenvalue weighted by Gasteiger charge is -2.30. The number of anilines is 1. The molecule has 0 aliphatic carbocycles. The zero-order chi connectivity index (χ0) is 26.0. The van der Waals surface area contributed by atoms with Crippen LogP contribution in [0, 0.1) is 5.82 Å². The van der Waals surface area contributed by atoms with E-state index in [-0.39, 0.29) is 17.6 Å². The number of nitrogens with zero attached hydrogens (tertiary/aromatic N) is 2. The molecule has 0 unspecified atom stereocenters. The minimum absolute atomic E-state index is 0.193. The highest BCUT2D eigenvalue weighted by atomic mass is 19.4. The van der Waals surface area contributed by atoms with Gasteiger partial charge in [0.05, 0.1) is 11.6 Å². The molecule has 3 aliphatic rings. The number of hydrogen-bond acceptors (Lipinski definition) is 7. The van der Waals surface area contributed by atoms with E-state index in [9.17, 15) is 22.4 Å². The molecule has 12 heteroatoms. The Kier molecular flexibility index (Phi) is 7.47. The first kappa shape index (κ1) is 25.7. The van der Waals surface area contributed by atoms with Crippen LogP contribution >= 0.6 is 0 Å². The van der Waals surface area contributed by atoms with Crippen LogP contribution in [0.3, 0.4) is 0 Å². The number of hydrogen-bond donors (Lipinski definition) is 3. The maximum atomic E-state index is 14.4. The average Bonchev–Trinajstić information content (AvgIpc) is 3.41. The third-order valence-corrected chi connectivity index (χ3v) is 7.06. The Hall–Kier alpha value is -2.99. The van der Waals surface area contributed by atoms with Gasteiger partial charge >= 0.3 is 6.18 Å². The largest absolute Gasteiger partial charge is 0.464 e. The number of nitrogens with one attached hydrogen (secondary N) is 3. The van der Waals surface area contributed by atoms with Crippen LogP contribution in [-0.4, -0.2) is 53.8 Å². The Bertz CT molecular complexity index is 1120. The number of aromatic nitrogens is 2. The summed E-state index contributed by atoms with van der Waals surface area (Å²) < 4.78 is 64.8. The number of amides is 1. The predicted octanol–water partition coefficient (Wildman–Crippen LogP) is 3.53. The quantitative estimate of drug-likeness (QED) is 0.499. The fourth-order valence-electron chi connectivity index (χ4n) is 5.04. The Labute approximate surface area is 211 Å². The van der Waals surface area contributed by atoms with E-state index in [4.69, 9.17) is 9.47 Å². The van der Waals surface area contributed by atoms with E-state index >= 15 is 0 Å².